The molecule has 3 atom stereocenters. The Morgan fingerprint density at radius 3 is 2.60 bits per heavy atom. The Morgan fingerprint density at radius 2 is 1.96 bits per heavy atom. The largest absolute Gasteiger partial charge is 0.481 e. The lowest BCUT2D eigenvalue weighted by Gasteiger charge is -2.27. The Kier molecular flexibility index (Phi) is 5.87. The minimum atomic E-state index is -0.857. The minimum Gasteiger partial charge on any atom is -0.481 e. The van der Waals surface area contributed by atoms with Crippen molar-refractivity contribution in [2.75, 3.05) is 19.8 Å². The summed E-state index contributed by atoms with van der Waals surface area (Å²) in [5, 5.41) is 13.3. The second-order valence-electron chi connectivity index (χ2n) is 6.76. The summed E-state index contributed by atoms with van der Waals surface area (Å²) in [6.07, 6.45) is 2.20. The molecule has 3 unspecified atom stereocenters. The van der Waals surface area contributed by atoms with Gasteiger partial charge in [-0.15, -0.1) is 0 Å². The topological polar surface area (TPSA) is 75.6 Å². The molecule has 136 valence electrons. The maximum Gasteiger partial charge on any atom is 0.308 e. The number of carboxylic acids is 1. The van der Waals surface area contributed by atoms with Crippen LogP contribution in [-0.4, -0.2) is 36.7 Å². The molecule has 7 heteroatoms. The average molecular weight is 386 g/mol. The Bertz CT molecular complexity index is 660. The van der Waals surface area contributed by atoms with E-state index in [0.29, 0.717) is 23.3 Å². The number of aliphatic carboxylic acids is 1. The first kappa shape index (κ1) is 18.5. The fourth-order valence-electron chi connectivity index (χ4n) is 3.51. The highest BCUT2D eigenvalue weighted by molar-refractivity contribution is 6.42. The molecule has 0 spiro atoms. The van der Waals surface area contributed by atoms with Crippen LogP contribution in [0.15, 0.2) is 18.2 Å². The number of hydrogen-bond acceptors (Lipinski definition) is 3. The van der Waals surface area contributed by atoms with E-state index >= 15 is 0 Å². The molecule has 1 saturated carbocycles. The van der Waals surface area contributed by atoms with Gasteiger partial charge in [0.1, 0.15) is 0 Å². The number of carbonyl (C=O) groups is 2. The predicted octanol–water partition coefficient (Wildman–Crippen LogP) is 3.34. The first-order valence-electron chi connectivity index (χ1n) is 8.50. The number of hydrogen-bond donors (Lipinski definition) is 2. The molecule has 1 aliphatic heterocycles. The first-order chi connectivity index (χ1) is 12.0. The highest BCUT2D eigenvalue weighted by atomic mass is 35.5. The van der Waals surface area contributed by atoms with E-state index in [9.17, 15) is 14.7 Å². The summed E-state index contributed by atoms with van der Waals surface area (Å²) in [5.41, 5.74) is 0.994. The van der Waals surface area contributed by atoms with E-state index in [1.54, 1.807) is 12.1 Å². The van der Waals surface area contributed by atoms with Crippen molar-refractivity contribution in [3.63, 3.8) is 0 Å². The highest BCUT2D eigenvalue weighted by Crippen LogP contribution is 2.48. The van der Waals surface area contributed by atoms with Crippen LogP contribution >= 0.6 is 23.2 Å². The number of ether oxygens (including phenoxy) is 1. The minimum absolute atomic E-state index is 0.0524. The molecule has 3 rings (SSSR count). The Hall–Kier alpha value is -1.30. The van der Waals surface area contributed by atoms with Crippen molar-refractivity contribution >= 4 is 35.1 Å². The third-order valence-corrected chi connectivity index (χ3v) is 5.89. The summed E-state index contributed by atoms with van der Waals surface area (Å²) in [4.78, 5) is 23.9. The van der Waals surface area contributed by atoms with Gasteiger partial charge in [0, 0.05) is 25.7 Å². The van der Waals surface area contributed by atoms with Gasteiger partial charge in [-0.05, 0) is 48.8 Å². The lowest BCUT2D eigenvalue weighted by atomic mass is 9.86. The molecule has 2 N–H and O–H groups in total. The summed E-state index contributed by atoms with van der Waals surface area (Å²) in [7, 11) is 0. The van der Waals surface area contributed by atoms with E-state index < -0.39 is 11.9 Å². The second kappa shape index (κ2) is 7.94. The van der Waals surface area contributed by atoms with Gasteiger partial charge in [-0.25, -0.2) is 0 Å². The van der Waals surface area contributed by atoms with E-state index in [0.717, 1.165) is 24.8 Å². The third kappa shape index (κ3) is 4.46. The van der Waals surface area contributed by atoms with Gasteiger partial charge >= 0.3 is 5.97 Å². The summed E-state index contributed by atoms with van der Waals surface area (Å²) in [6, 6.07) is 5.41. The quantitative estimate of drug-likeness (QED) is 0.787. The van der Waals surface area contributed by atoms with Crippen molar-refractivity contribution in [2.45, 2.75) is 25.2 Å². The fraction of sp³-hybridized carbons (Fsp3) is 0.556. The summed E-state index contributed by atoms with van der Waals surface area (Å²) < 4.78 is 5.28. The Labute approximate surface area is 156 Å². The lowest BCUT2D eigenvalue weighted by molar-refractivity contribution is -0.145. The van der Waals surface area contributed by atoms with Crippen LogP contribution in [0.3, 0.4) is 0 Å². The molecule has 1 aromatic rings. The zero-order valence-corrected chi connectivity index (χ0v) is 15.2. The van der Waals surface area contributed by atoms with Gasteiger partial charge in [-0.2, -0.15) is 0 Å². The van der Waals surface area contributed by atoms with Gasteiger partial charge < -0.3 is 15.2 Å². The molecule has 0 bridgehead atoms. The highest BCUT2D eigenvalue weighted by Gasteiger charge is 2.44. The maximum absolute atomic E-state index is 12.4. The molecule has 2 fully saturated rings. The number of halogens is 2. The van der Waals surface area contributed by atoms with Crippen molar-refractivity contribution in [3.05, 3.63) is 33.8 Å². The van der Waals surface area contributed by atoms with Crippen LogP contribution in [0.1, 0.15) is 30.7 Å². The molecule has 1 amide bonds. The smallest absolute Gasteiger partial charge is 0.308 e. The molecular formula is C18H21Cl2NO4. The van der Waals surface area contributed by atoms with Crippen LogP contribution in [0.4, 0.5) is 0 Å². The van der Waals surface area contributed by atoms with Gasteiger partial charge in [0.2, 0.25) is 5.91 Å². The summed E-state index contributed by atoms with van der Waals surface area (Å²) >= 11 is 11.9. The van der Waals surface area contributed by atoms with E-state index in [2.05, 4.69) is 5.32 Å². The van der Waals surface area contributed by atoms with Gasteiger partial charge in [0.15, 0.2) is 0 Å². The molecular weight excluding hydrogens is 365 g/mol. The molecule has 1 aromatic carbocycles. The maximum atomic E-state index is 12.4. The Balaban J connectivity index is 1.53. The number of benzene rings is 1. The Morgan fingerprint density at radius 1 is 1.24 bits per heavy atom. The predicted molar refractivity (Wildman–Crippen MR) is 95.0 cm³/mol. The standard InChI is InChI=1S/C18H21Cl2NO4/c19-15-2-1-11(7-16(15)20)12-8-13(12)17(22)21-9-14(18(23)24)10-3-5-25-6-4-10/h1-2,7,10,12-14H,3-6,8-9H2,(H,21,22)(H,23,24). The van der Waals surface area contributed by atoms with E-state index in [1.807, 2.05) is 6.07 Å². The van der Waals surface area contributed by atoms with Crippen LogP contribution in [-0.2, 0) is 14.3 Å². The third-order valence-electron chi connectivity index (χ3n) is 5.15. The van der Waals surface area contributed by atoms with Crippen LogP contribution in [0.2, 0.25) is 10.0 Å². The fourth-order valence-corrected chi connectivity index (χ4v) is 3.82. The number of carbonyl (C=O) groups excluding carboxylic acids is 1. The van der Waals surface area contributed by atoms with Crippen molar-refractivity contribution in [3.8, 4) is 0 Å². The molecule has 0 radical (unpaired) electrons. The van der Waals surface area contributed by atoms with Gasteiger partial charge in [0.05, 0.1) is 16.0 Å². The lowest BCUT2D eigenvalue weighted by Crippen LogP contribution is -2.39. The molecule has 5 nitrogen and oxygen atoms in total. The molecule has 1 saturated heterocycles. The molecule has 1 heterocycles. The number of rotatable bonds is 6. The molecule has 25 heavy (non-hydrogen) atoms. The van der Waals surface area contributed by atoms with Gasteiger partial charge in [-0.1, -0.05) is 29.3 Å². The van der Waals surface area contributed by atoms with Crippen molar-refractivity contribution in [1.29, 1.82) is 0 Å². The zero-order chi connectivity index (χ0) is 18.0. The average Bonchev–Trinajstić information content (AvgIpc) is 3.39. The molecule has 0 aromatic heterocycles. The summed E-state index contributed by atoms with van der Waals surface area (Å²) in [6.45, 7) is 1.35. The monoisotopic (exact) mass is 385 g/mol. The zero-order valence-electron chi connectivity index (χ0n) is 13.7. The molecule has 2 aliphatic rings. The first-order valence-corrected chi connectivity index (χ1v) is 9.26. The number of nitrogens with one attached hydrogen (secondary N) is 1. The number of carboxylic acid groups (broad SMARTS) is 1. The SMILES string of the molecule is O=C(O)C(CNC(=O)C1CC1c1ccc(Cl)c(Cl)c1)C1CCOCC1. The normalized spacial score (nSPS) is 24.6. The van der Waals surface area contributed by atoms with Crippen LogP contribution < -0.4 is 5.32 Å². The van der Waals surface area contributed by atoms with Crippen LogP contribution in [0.5, 0.6) is 0 Å². The van der Waals surface area contributed by atoms with E-state index in [1.165, 1.54) is 0 Å². The van der Waals surface area contributed by atoms with Crippen molar-refractivity contribution in [2.24, 2.45) is 17.8 Å². The summed E-state index contributed by atoms with van der Waals surface area (Å²) in [5.74, 6) is -1.45. The van der Waals surface area contributed by atoms with E-state index in [-0.39, 0.29) is 30.2 Å². The second-order valence-corrected chi connectivity index (χ2v) is 7.58. The van der Waals surface area contributed by atoms with Crippen molar-refractivity contribution in [1.82, 2.24) is 5.32 Å². The van der Waals surface area contributed by atoms with Gasteiger partial charge in [-0.3, -0.25) is 9.59 Å². The van der Waals surface area contributed by atoms with Crippen LogP contribution in [0, 0.1) is 17.8 Å². The van der Waals surface area contributed by atoms with Crippen LogP contribution in [0.25, 0.3) is 0 Å². The number of amides is 1. The molecule has 1 aliphatic carbocycles. The van der Waals surface area contributed by atoms with Crippen molar-refractivity contribution < 1.29 is 19.4 Å². The van der Waals surface area contributed by atoms with E-state index in [4.69, 9.17) is 27.9 Å². The van der Waals surface area contributed by atoms with Gasteiger partial charge in [0.25, 0.3) is 0 Å².